The van der Waals surface area contributed by atoms with Gasteiger partial charge in [0.25, 0.3) is 0 Å². The lowest BCUT2D eigenvalue weighted by Gasteiger charge is -2.36. The molecule has 0 bridgehead atoms. The van der Waals surface area contributed by atoms with Gasteiger partial charge in [-0.3, -0.25) is 4.79 Å². The van der Waals surface area contributed by atoms with E-state index in [1.807, 2.05) is 11.8 Å². The molecule has 0 saturated carbocycles. The van der Waals surface area contributed by atoms with Crippen molar-refractivity contribution in [3.63, 3.8) is 0 Å². The Morgan fingerprint density at radius 3 is 2.28 bits per heavy atom. The second-order valence-electron chi connectivity index (χ2n) is 9.38. The summed E-state index contributed by atoms with van der Waals surface area (Å²) < 4.78 is 43.5. The molecule has 3 aromatic rings. The second kappa shape index (κ2) is 8.03. The Kier molecular flexibility index (Phi) is 5.65. The number of anilines is 1. The molecule has 0 N–H and O–H groups in total. The van der Waals surface area contributed by atoms with Crippen LogP contribution in [0.5, 0.6) is 0 Å². The number of hydrogen-bond acceptors (Lipinski definition) is 4. The fraction of sp³-hybridized carbons (Fsp3) is 0.400. The van der Waals surface area contributed by atoms with Gasteiger partial charge in [0.2, 0.25) is 15.3 Å². The summed E-state index contributed by atoms with van der Waals surface area (Å²) >= 11 is 0. The van der Waals surface area contributed by atoms with E-state index < -0.39 is 21.1 Å². The Morgan fingerprint density at radius 2 is 1.66 bits per heavy atom. The van der Waals surface area contributed by atoms with E-state index in [0.29, 0.717) is 28.6 Å². The van der Waals surface area contributed by atoms with Gasteiger partial charge in [0.05, 0.1) is 21.5 Å². The predicted molar refractivity (Wildman–Crippen MR) is 126 cm³/mol. The van der Waals surface area contributed by atoms with Gasteiger partial charge in [0.1, 0.15) is 10.7 Å². The smallest absolute Gasteiger partial charge is 0.212 e. The largest absolute Gasteiger partial charge is 0.369 e. The zero-order valence-corrected chi connectivity index (χ0v) is 20.0. The van der Waals surface area contributed by atoms with Gasteiger partial charge < -0.3 is 9.47 Å². The molecule has 0 aliphatic carbocycles. The maximum absolute atomic E-state index is 15.2. The van der Waals surface area contributed by atoms with Crippen LogP contribution in [0.2, 0.25) is 0 Å². The van der Waals surface area contributed by atoms with Gasteiger partial charge in [-0.25, -0.2) is 12.8 Å². The van der Waals surface area contributed by atoms with Crippen molar-refractivity contribution in [3.05, 3.63) is 63.7 Å². The maximum atomic E-state index is 15.2. The molecule has 2 aromatic carbocycles. The number of aryl methyl sites for hydroxylation is 3. The number of sulfone groups is 1. The first kappa shape index (κ1) is 22.5. The molecule has 1 saturated heterocycles. The normalized spacial score (nSPS) is 19.5. The lowest BCUT2D eigenvalue weighted by molar-refractivity contribution is 0.354. The molecule has 1 aliphatic heterocycles. The van der Waals surface area contributed by atoms with Crippen molar-refractivity contribution >= 4 is 26.4 Å². The minimum atomic E-state index is -4.06. The van der Waals surface area contributed by atoms with Crippen molar-refractivity contribution in [3.8, 4) is 0 Å². The fourth-order valence-corrected chi connectivity index (χ4v) is 6.59. The summed E-state index contributed by atoms with van der Waals surface area (Å²) in [6, 6.07) is 7.86. The number of aromatic nitrogens is 1. The van der Waals surface area contributed by atoms with E-state index in [9.17, 15) is 13.2 Å². The molecular weight excluding hydrogens is 427 g/mol. The molecule has 7 heteroatoms. The van der Waals surface area contributed by atoms with Gasteiger partial charge >= 0.3 is 0 Å². The molecule has 0 amide bonds. The van der Waals surface area contributed by atoms with Crippen LogP contribution in [0.3, 0.4) is 0 Å². The third-order valence-electron chi connectivity index (χ3n) is 6.34. The van der Waals surface area contributed by atoms with E-state index in [0.717, 1.165) is 25.1 Å². The molecule has 2 heterocycles. The number of rotatable bonds is 3. The summed E-state index contributed by atoms with van der Waals surface area (Å²) in [5, 5.41) is 0.0673. The van der Waals surface area contributed by atoms with Crippen molar-refractivity contribution in [2.24, 2.45) is 18.9 Å². The number of hydrogen-bond donors (Lipinski definition) is 0. The lowest BCUT2D eigenvalue weighted by atomic mass is 9.91. The summed E-state index contributed by atoms with van der Waals surface area (Å²) in [4.78, 5) is 15.0. The molecular formula is C25H29FN2O3S. The Hall–Kier alpha value is -2.67. The number of piperidine rings is 1. The van der Waals surface area contributed by atoms with Crippen molar-refractivity contribution in [1.82, 2.24) is 4.57 Å². The minimum Gasteiger partial charge on any atom is -0.369 e. The Labute approximate surface area is 188 Å². The summed E-state index contributed by atoms with van der Waals surface area (Å²) in [5.41, 5.74) is 1.79. The Bertz CT molecular complexity index is 1370. The Balaban J connectivity index is 1.88. The standard InChI is InChI=1S/C25H29FN2O3S/c1-15-6-7-23(18(4)9-15)32(30,31)24-14-27(5)21-11-22(20(26)10-19(21)25(24)29)28-12-16(2)8-17(3)13-28/h6-7,9-11,14,16-17H,8,12-13H2,1-5H3/t16-,17+. The van der Waals surface area contributed by atoms with Gasteiger partial charge in [-0.15, -0.1) is 0 Å². The van der Waals surface area contributed by atoms with Crippen LogP contribution in [-0.4, -0.2) is 26.1 Å². The molecule has 1 aromatic heterocycles. The molecule has 1 aliphatic rings. The van der Waals surface area contributed by atoms with Crippen LogP contribution >= 0.6 is 0 Å². The number of benzene rings is 2. The topological polar surface area (TPSA) is 59.4 Å². The first-order valence-corrected chi connectivity index (χ1v) is 12.4. The van der Waals surface area contributed by atoms with Gasteiger partial charge in [-0.05, 0) is 55.9 Å². The zero-order valence-electron chi connectivity index (χ0n) is 19.1. The SMILES string of the molecule is Cc1ccc(S(=O)(=O)c2cn(C)c3cc(N4C[C@H](C)C[C@H](C)C4)c(F)cc3c2=O)c(C)c1. The summed E-state index contributed by atoms with van der Waals surface area (Å²) in [5.74, 6) is 0.392. The van der Waals surface area contributed by atoms with Crippen LogP contribution in [0.25, 0.3) is 10.9 Å². The van der Waals surface area contributed by atoms with Crippen molar-refractivity contribution in [2.45, 2.75) is 43.9 Å². The minimum absolute atomic E-state index is 0.0673. The second-order valence-corrected chi connectivity index (χ2v) is 11.3. The molecule has 32 heavy (non-hydrogen) atoms. The average Bonchev–Trinajstić information content (AvgIpc) is 2.69. The summed E-state index contributed by atoms with van der Waals surface area (Å²) in [6.07, 6.45) is 2.45. The highest BCUT2D eigenvalue weighted by Gasteiger charge is 2.28. The molecule has 1 fully saturated rings. The van der Waals surface area contributed by atoms with E-state index in [1.165, 1.54) is 18.3 Å². The van der Waals surface area contributed by atoms with Crippen molar-refractivity contribution in [1.29, 1.82) is 0 Å². The van der Waals surface area contributed by atoms with E-state index in [4.69, 9.17) is 0 Å². The Morgan fingerprint density at radius 1 is 1.00 bits per heavy atom. The first-order chi connectivity index (χ1) is 15.0. The van der Waals surface area contributed by atoms with Crippen molar-refractivity contribution in [2.75, 3.05) is 18.0 Å². The lowest BCUT2D eigenvalue weighted by Crippen LogP contribution is -2.39. The van der Waals surface area contributed by atoms with Crippen LogP contribution < -0.4 is 10.3 Å². The first-order valence-electron chi connectivity index (χ1n) is 10.9. The molecule has 0 radical (unpaired) electrons. The van der Waals surface area contributed by atoms with Gasteiger partial charge in [-0.2, -0.15) is 0 Å². The molecule has 4 rings (SSSR count). The monoisotopic (exact) mass is 456 g/mol. The summed E-state index contributed by atoms with van der Waals surface area (Å²) in [6.45, 7) is 9.39. The van der Waals surface area contributed by atoms with Gasteiger partial charge in [-0.1, -0.05) is 31.5 Å². The molecule has 5 nitrogen and oxygen atoms in total. The quantitative estimate of drug-likeness (QED) is 0.578. The van der Waals surface area contributed by atoms with Crippen LogP contribution in [0.1, 0.15) is 31.4 Å². The number of pyridine rings is 1. The van der Waals surface area contributed by atoms with E-state index in [1.54, 1.807) is 36.7 Å². The molecule has 0 unspecified atom stereocenters. The molecule has 0 spiro atoms. The van der Waals surface area contributed by atoms with Crippen LogP contribution in [-0.2, 0) is 16.9 Å². The van der Waals surface area contributed by atoms with Crippen LogP contribution in [0.15, 0.2) is 51.1 Å². The fourth-order valence-electron chi connectivity index (χ4n) is 4.97. The zero-order chi connectivity index (χ0) is 23.4. The molecule has 170 valence electrons. The number of nitrogens with zero attached hydrogens (tertiary/aromatic N) is 2. The van der Waals surface area contributed by atoms with Crippen LogP contribution in [0.4, 0.5) is 10.1 Å². The molecule has 2 atom stereocenters. The average molecular weight is 457 g/mol. The highest BCUT2D eigenvalue weighted by molar-refractivity contribution is 7.91. The number of fused-ring (bicyclic) bond motifs is 1. The van der Waals surface area contributed by atoms with E-state index in [-0.39, 0.29) is 15.2 Å². The number of halogens is 1. The maximum Gasteiger partial charge on any atom is 0.212 e. The van der Waals surface area contributed by atoms with Gasteiger partial charge in [0, 0.05) is 26.3 Å². The highest BCUT2D eigenvalue weighted by Crippen LogP contribution is 2.31. The van der Waals surface area contributed by atoms with Crippen LogP contribution in [0, 0.1) is 31.5 Å². The third kappa shape index (κ3) is 3.83. The summed E-state index contributed by atoms with van der Waals surface area (Å²) in [7, 11) is -2.37. The predicted octanol–water partition coefficient (Wildman–Crippen LogP) is 4.61. The highest BCUT2D eigenvalue weighted by atomic mass is 32.2. The van der Waals surface area contributed by atoms with Crippen molar-refractivity contribution < 1.29 is 12.8 Å². The third-order valence-corrected chi connectivity index (χ3v) is 8.25. The van der Waals surface area contributed by atoms with Gasteiger partial charge in [0.15, 0.2) is 0 Å². The van der Waals surface area contributed by atoms with E-state index >= 15 is 4.39 Å². The van der Waals surface area contributed by atoms with E-state index in [2.05, 4.69) is 13.8 Å².